The number of carbonyl (C=O) groups is 1. The van der Waals surface area contributed by atoms with Crippen molar-refractivity contribution in [1.82, 2.24) is 14.7 Å². The number of hydrogen-bond donors (Lipinski definition) is 0. The quantitative estimate of drug-likeness (QED) is 0.602. The van der Waals surface area contributed by atoms with Gasteiger partial charge < -0.3 is 14.4 Å². The molecule has 0 bridgehead atoms. The first-order chi connectivity index (χ1) is 13.1. The number of amides is 1. The predicted molar refractivity (Wildman–Crippen MR) is 94.6 cm³/mol. The number of nitro benzene ring substituents is 1. The second kappa shape index (κ2) is 7.45. The summed E-state index contributed by atoms with van der Waals surface area (Å²) in [5.74, 6) is -0.178. The van der Waals surface area contributed by atoms with Crippen LogP contribution in [0.3, 0.4) is 0 Å². The number of rotatable bonds is 4. The summed E-state index contributed by atoms with van der Waals surface area (Å²) in [6.07, 6.45) is 4.05. The normalized spacial score (nSPS) is 20.7. The second-order valence-corrected chi connectivity index (χ2v) is 6.59. The van der Waals surface area contributed by atoms with Gasteiger partial charge in [0.2, 0.25) is 0 Å². The molecule has 2 aliphatic heterocycles. The van der Waals surface area contributed by atoms with Crippen LogP contribution >= 0.6 is 0 Å². The average molecular weight is 372 g/mol. The summed E-state index contributed by atoms with van der Waals surface area (Å²) < 4.78 is 12.7. The third kappa shape index (κ3) is 3.56. The molecule has 2 saturated heterocycles. The van der Waals surface area contributed by atoms with E-state index in [2.05, 4.69) is 5.10 Å². The molecule has 4 rings (SSSR count). The molecule has 1 amide bonds. The third-order valence-electron chi connectivity index (χ3n) is 4.89. The molecule has 0 aliphatic carbocycles. The van der Waals surface area contributed by atoms with Crippen molar-refractivity contribution >= 4 is 11.6 Å². The van der Waals surface area contributed by atoms with Crippen LogP contribution in [0.15, 0.2) is 36.5 Å². The summed E-state index contributed by atoms with van der Waals surface area (Å²) in [5.41, 5.74) is 0.801. The number of benzene rings is 1. The highest BCUT2D eigenvalue weighted by atomic mass is 16.7. The van der Waals surface area contributed by atoms with Crippen LogP contribution in [0, 0.1) is 10.1 Å². The fourth-order valence-corrected chi connectivity index (χ4v) is 3.57. The average Bonchev–Trinajstić information content (AvgIpc) is 3.40. The molecule has 2 aliphatic rings. The van der Waals surface area contributed by atoms with Gasteiger partial charge in [0, 0.05) is 24.9 Å². The fourth-order valence-electron chi connectivity index (χ4n) is 3.57. The number of piperidine rings is 1. The van der Waals surface area contributed by atoms with Crippen LogP contribution in [0.4, 0.5) is 5.69 Å². The lowest BCUT2D eigenvalue weighted by molar-refractivity contribution is -0.384. The van der Waals surface area contributed by atoms with E-state index in [4.69, 9.17) is 9.47 Å². The largest absolute Gasteiger partial charge is 0.348 e. The Labute approximate surface area is 155 Å². The van der Waals surface area contributed by atoms with Crippen molar-refractivity contribution in [3.8, 4) is 5.69 Å². The maximum atomic E-state index is 13.0. The minimum atomic E-state index is -0.459. The van der Waals surface area contributed by atoms with Gasteiger partial charge in [0.15, 0.2) is 12.0 Å². The number of ether oxygens (including phenoxy) is 2. The minimum absolute atomic E-state index is 0.0255. The Balaban J connectivity index is 1.55. The van der Waals surface area contributed by atoms with E-state index in [0.29, 0.717) is 31.1 Å². The highest BCUT2D eigenvalue weighted by Crippen LogP contribution is 2.26. The van der Waals surface area contributed by atoms with E-state index in [-0.39, 0.29) is 23.9 Å². The first-order valence-corrected chi connectivity index (χ1v) is 8.98. The number of carbonyl (C=O) groups excluding carboxylic acids is 1. The summed E-state index contributed by atoms with van der Waals surface area (Å²) in [6.45, 7) is 1.73. The van der Waals surface area contributed by atoms with Crippen molar-refractivity contribution in [2.45, 2.75) is 31.6 Å². The van der Waals surface area contributed by atoms with Gasteiger partial charge in [-0.25, -0.2) is 4.68 Å². The Bertz CT molecular complexity index is 846. The van der Waals surface area contributed by atoms with Crippen LogP contribution in [0.2, 0.25) is 0 Å². The molecule has 0 saturated carbocycles. The third-order valence-corrected chi connectivity index (χ3v) is 4.89. The molecule has 9 heteroatoms. The molecule has 1 aromatic carbocycles. The molecule has 142 valence electrons. The topological polar surface area (TPSA) is 99.7 Å². The molecule has 0 N–H and O–H groups in total. The molecule has 2 aromatic rings. The van der Waals surface area contributed by atoms with Gasteiger partial charge in [-0.1, -0.05) is 6.07 Å². The summed E-state index contributed by atoms with van der Waals surface area (Å²) in [4.78, 5) is 25.3. The highest BCUT2D eigenvalue weighted by Gasteiger charge is 2.37. The predicted octanol–water partition coefficient (Wildman–Crippen LogP) is 2.15. The lowest BCUT2D eigenvalue weighted by Crippen LogP contribution is -2.50. The Morgan fingerprint density at radius 3 is 2.81 bits per heavy atom. The minimum Gasteiger partial charge on any atom is -0.348 e. The zero-order chi connectivity index (χ0) is 18.8. The monoisotopic (exact) mass is 372 g/mol. The second-order valence-electron chi connectivity index (χ2n) is 6.59. The SMILES string of the molecule is O=C(c1ccn(-c2cccc([N+](=O)[O-])c2)n1)N1CCCCC1C1OCCO1. The highest BCUT2D eigenvalue weighted by molar-refractivity contribution is 5.92. The molecule has 1 atom stereocenters. The van der Waals surface area contributed by atoms with Gasteiger partial charge in [0.05, 0.1) is 29.9 Å². The Morgan fingerprint density at radius 1 is 1.22 bits per heavy atom. The molecular formula is C18H20N4O5. The lowest BCUT2D eigenvalue weighted by Gasteiger charge is -2.37. The summed E-state index contributed by atoms with van der Waals surface area (Å²) in [6, 6.07) is 7.65. The van der Waals surface area contributed by atoms with Gasteiger partial charge in [0.1, 0.15) is 0 Å². The van der Waals surface area contributed by atoms with E-state index in [9.17, 15) is 14.9 Å². The van der Waals surface area contributed by atoms with Gasteiger partial charge in [-0.15, -0.1) is 0 Å². The zero-order valence-electron chi connectivity index (χ0n) is 14.7. The molecule has 0 radical (unpaired) electrons. The van der Waals surface area contributed by atoms with Gasteiger partial charge in [-0.2, -0.15) is 5.10 Å². The van der Waals surface area contributed by atoms with E-state index in [1.807, 2.05) is 0 Å². The molecular weight excluding hydrogens is 352 g/mol. The Hall–Kier alpha value is -2.78. The summed E-state index contributed by atoms with van der Waals surface area (Å²) in [7, 11) is 0. The summed E-state index contributed by atoms with van der Waals surface area (Å²) >= 11 is 0. The van der Waals surface area contributed by atoms with Crippen molar-refractivity contribution in [2.75, 3.05) is 19.8 Å². The van der Waals surface area contributed by atoms with Crippen molar-refractivity contribution in [2.24, 2.45) is 0 Å². The van der Waals surface area contributed by atoms with Gasteiger partial charge >= 0.3 is 0 Å². The maximum Gasteiger partial charge on any atom is 0.274 e. The number of hydrogen-bond acceptors (Lipinski definition) is 6. The number of likely N-dealkylation sites (tertiary alicyclic amines) is 1. The Morgan fingerprint density at radius 2 is 2.04 bits per heavy atom. The Kier molecular flexibility index (Phi) is 4.87. The molecule has 9 nitrogen and oxygen atoms in total. The zero-order valence-corrected chi connectivity index (χ0v) is 14.7. The van der Waals surface area contributed by atoms with E-state index < -0.39 is 4.92 Å². The van der Waals surface area contributed by atoms with Gasteiger partial charge in [-0.05, 0) is 31.4 Å². The van der Waals surface area contributed by atoms with Crippen LogP contribution in [0.5, 0.6) is 0 Å². The van der Waals surface area contributed by atoms with Crippen molar-refractivity contribution in [3.05, 3.63) is 52.3 Å². The van der Waals surface area contributed by atoms with Crippen molar-refractivity contribution in [3.63, 3.8) is 0 Å². The smallest absolute Gasteiger partial charge is 0.274 e. The van der Waals surface area contributed by atoms with E-state index in [0.717, 1.165) is 19.3 Å². The van der Waals surface area contributed by atoms with Crippen LogP contribution in [-0.2, 0) is 9.47 Å². The molecule has 1 unspecified atom stereocenters. The molecule has 27 heavy (non-hydrogen) atoms. The molecule has 0 spiro atoms. The van der Waals surface area contributed by atoms with Crippen LogP contribution in [-0.4, -0.2) is 57.6 Å². The van der Waals surface area contributed by atoms with Crippen LogP contribution in [0.1, 0.15) is 29.8 Å². The van der Waals surface area contributed by atoms with E-state index in [1.54, 1.807) is 29.3 Å². The van der Waals surface area contributed by atoms with Crippen LogP contribution in [0.25, 0.3) is 5.69 Å². The van der Waals surface area contributed by atoms with Crippen LogP contribution < -0.4 is 0 Å². The molecule has 1 aromatic heterocycles. The number of nitrogens with zero attached hydrogens (tertiary/aromatic N) is 4. The lowest BCUT2D eigenvalue weighted by atomic mass is 10.0. The number of aromatic nitrogens is 2. The van der Waals surface area contributed by atoms with E-state index in [1.165, 1.54) is 16.8 Å². The molecule has 3 heterocycles. The standard InChI is InChI=1S/C18H20N4O5/c23-17(20-8-2-1-6-16(20)18-26-10-11-27-18)15-7-9-21(19-15)13-4-3-5-14(12-13)22(24)25/h3-5,7,9,12,16,18H,1-2,6,8,10-11H2. The first kappa shape index (κ1) is 17.6. The van der Waals surface area contributed by atoms with Gasteiger partial charge in [0.25, 0.3) is 11.6 Å². The fraction of sp³-hybridized carbons (Fsp3) is 0.444. The maximum absolute atomic E-state index is 13.0. The number of non-ortho nitro benzene ring substituents is 1. The molecule has 2 fully saturated rings. The first-order valence-electron chi connectivity index (χ1n) is 8.98. The van der Waals surface area contributed by atoms with Gasteiger partial charge in [-0.3, -0.25) is 14.9 Å². The van der Waals surface area contributed by atoms with E-state index >= 15 is 0 Å². The van der Waals surface area contributed by atoms with Crippen molar-refractivity contribution < 1.29 is 19.2 Å². The van der Waals surface area contributed by atoms with Crippen molar-refractivity contribution in [1.29, 1.82) is 0 Å². The number of nitro groups is 1. The summed E-state index contributed by atoms with van der Waals surface area (Å²) in [5, 5.41) is 15.3.